The quantitative estimate of drug-likeness (QED) is 0.534. The topological polar surface area (TPSA) is 68.2 Å². The van der Waals surface area contributed by atoms with Crippen LogP contribution in [0.3, 0.4) is 0 Å². The maximum absolute atomic E-state index is 12.3. The molecule has 2 N–H and O–H groups in total. The predicted molar refractivity (Wildman–Crippen MR) is 112 cm³/mol. The molecule has 5 heteroatoms. The largest absolute Gasteiger partial charge is 0.378 e. The van der Waals surface area contributed by atoms with E-state index in [9.17, 15) is 10.1 Å². The SMILES string of the molecule is CCCCc1ccc(NC(=O)/C(C#N)=C\Nc2cccc(N(C)C)c2)cc1. The highest BCUT2D eigenvalue weighted by molar-refractivity contribution is 6.06. The average Bonchev–Trinajstić information content (AvgIpc) is 2.68. The lowest BCUT2D eigenvalue weighted by Gasteiger charge is -2.13. The molecule has 2 aromatic carbocycles. The Balaban J connectivity index is 2.01. The zero-order valence-corrected chi connectivity index (χ0v) is 16.1. The first-order valence-electron chi connectivity index (χ1n) is 9.08. The summed E-state index contributed by atoms with van der Waals surface area (Å²) >= 11 is 0. The van der Waals surface area contributed by atoms with Crippen LogP contribution in [0.5, 0.6) is 0 Å². The van der Waals surface area contributed by atoms with Crippen LogP contribution in [-0.2, 0) is 11.2 Å². The van der Waals surface area contributed by atoms with Crippen LogP contribution in [0.15, 0.2) is 60.3 Å². The number of anilines is 3. The molecule has 2 rings (SSSR count). The summed E-state index contributed by atoms with van der Waals surface area (Å²) in [5.74, 6) is -0.435. The van der Waals surface area contributed by atoms with Gasteiger partial charge in [-0.25, -0.2) is 0 Å². The van der Waals surface area contributed by atoms with E-state index in [1.54, 1.807) is 0 Å². The average molecular weight is 362 g/mol. The minimum Gasteiger partial charge on any atom is -0.378 e. The van der Waals surface area contributed by atoms with Gasteiger partial charge in [0.15, 0.2) is 0 Å². The normalized spacial score (nSPS) is 10.8. The van der Waals surface area contributed by atoms with Crippen LogP contribution < -0.4 is 15.5 Å². The molecular weight excluding hydrogens is 336 g/mol. The van der Waals surface area contributed by atoms with Crippen LogP contribution in [0, 0.1) is 11.3 Å². The number of hydrogen-bond donors (Lipinski definition) is 2. The molecule has 0 saturated heterocycles. The molecule has 0 aromatic heterocycles. The van der Waals surface area contributed by atoms with Gasteiger partial charge in [-0.1, -0.05) is 31.5 Å². The summed E-state index contributed by atoms with van der Waals surface area (Å²) in [6.07, 6.45) is 4.76. The number of rotatable bonds is 8. The van der Waals surface area contributed by atoms with E-state index in [4.69, 9.17) is 0 Å². The van der Waals surface area contributed by atoms with Gasteiger partial charge in [-0.2, -0.15) is 5.26 Å². The second kappa shape index (κ2) is 10.0. The number of unbranched alkanes of at least 4 members (excludes halogenated alkanes) is 1. The van der Waals surface area contributed by atoms with Gasteiger partial charge in [0.05, 0.1) is 0 Å². The zero-order chi connectivity index (χ0) is 19.6. The van der Waals surface area contributed by atoms with Gasteiger partial charge in [0.2, 0.25) is 0 Å². The van der Waals surface area contributed by atoms with Crippen LogP contribution in [0.4, 0.5) is 17.1 Å². The lowest BCUT2D eigenvalue weighted by Crippen LogP contribution is -2.14. The van der Waals surface area contributed by atoms with Gasteiger partial charge in [0, 0.05) is 37.4 Å². The van der Waals surface area contributed by atoms with Crippen molar-refractivity contribution in [2.24, 2.45) is 0 Å². The summed E-state index contributed by atoms with van der Waals surface area (Å²) in [5, 5.41) is 15.1. The Hall–Kier alpha value is -3.26. The van der Waals surface area contributed by atoms with Crippen LogP contribution in [0.2, 0.25) is 0 Å². The van der Waals surface area contributed by atoms with E-state index in [1.807, 2.05) is 73.6 Å². The molecule has 0 bridgehead atoms. The molecular formula is C22H26N4O. The lowest BCUT2D eigenvalue weighted by molar-refractivity contribution is -0.112. The molecule has 0 aliphatic carbocycles. The fraction of sp³-hybridized carbons (Fsp3) is 0.273. The number of hydrogen-bond acceptors (Lipinski definition) is 4. The Morgan fingerprint density at radius 3 is 2.52 bits per heavy atom. The smallest absolute Gasteiger partial charge is 0.267 e. The monoisotopic (exact) mass is 362 g/mol. The predicted octanol–water partition coefficient (Wildman–Crippen LogP) is 4.55. The number of aryl methyl sites for hydroxylation is 1. The highest BCUT2D eigenvalue weighted by atomic mass is 16.1. The van der Waals surface area contributed by atoms with Gasteiger partial charge in [0.1, 0.15) is 11.6 Å². The number of nitrogens with zero attached hydrogens (tertiary/aromatic N) is 2. The van der Waals surface area contributed by atoms with Crippen LogP contribution in [0.1, 0.15) is 25.3 Å². The highest BCUT2D eigenvalue weighted by Gasteiger charge is 2.09. The third-order valence-electron chi connectivity index (χ3n) is 4.14. The van der Waals surface area contributed by atoms with E-state index in [0.717, 1.165) is 30.6 Å². The summed E-state index contributed by atoms with van der Waals surface area (Å²) in [7, 11) is 3.91. The van der Waals surface area contributed by atoms with E-state index in [-0.39, 0.29) is 5.57 Å². The van der Waals surface area contributed by atoms with Crippen molar-refractivity contribution in [3.63, 3.8) is 0 Å². The third kappa shape index (κ3) is 6.19. The fourth-order valence-electron chi connectivity index (χ4n) is 2.51. The molecule has 1 amide bonds. The first-order valence-corrected chi connectivity index (χ1v) is 9.08. The van der Waals surface area contributed by atoms with E-state index in [0.29, 0.717) is 5.69 Å². The molecule has 0 unspecified atom stereocenters. The van der Waals surface area contributed by atoms with E-state index >= 15 is 0 Å². The Labute approximate surface area is 161 Å². The van der Waals surface area contributed by atoms with Gasteiger partial charge >= 0.3 is 0 Å². The van der Waals surface area contributed by atoms with Gasteiger partial charge in [-0.15, -0.1) is 0 Å². The number of nitrogens with one attached hydrogen (secondary N) is 2. The molecule has 0 spiro atoms. The molecule has 0 atom stereocenters. The van der Waals surface area contributed by atoms with Gasteiger partial charge in [-0.05, 0) is 48.7 Å². The molecule has 0 radical (unpaired) electrons. The minimum absolute atomic E-state index is 0.0142. The summed E-state index contributed by atoms with van der Waals surface area (Å²) in [6, 6.07) is 17.4. The van der Waals surface area contributed by atoms with Crippen molar-refractivity contribution in [3.8, 4) is 6.07 Å². The second-order valence-corrected chi connectivity index (χ2v) is 6.51. The zero-order valence-electron chi connectivity index (χ0n) is 16.1. The number of amides is 1. The minimum atomic E-state index is -0.435. The molecule has 140 valence electrons. The number of benzene rings is 2. The Bertz CT molecular complexity index is 832. The second-order valence-electron chi connectivity index (χ2n) is 6.51. The van der Waals surface area contributed by atoms with Gasteiger partial charge in [0.25, 0.3) is 5.91 Å². The maximum Gasteiger partial charge on any atom is 0.267 e. The number of carbonyl (C=O) groups excluding carboxylic acids is 1. The van der Waals surface area contributed by atoms with Crippen molar-refractivity contribution >= 4 is 23.0 Å². The molecule has 0 heterocycles. The van der Waals surface area contributed by atoms with Crippen molar-refractivity contribution in [2.45, 2.75) is 26.2 Å². The van der Waals surface area contributed by atoms with Crippen LogP contribution in [0.25, 0.3) is 0 Å². The summed E-state index contributed by atoms with van der Waals surface area (Å²) in [5.41, 5.74) is 3.77. The summed E-state index contributed by atoms with van der Waals surface area (Å²) in [6.45, 7) is 2.16. The number of carbonyl (C=O) groups is 1. The standard InChI is InChI=1S/C22H26N4O/c1-4-5-7-17-10-12-19(13-11-17)25-22(27)18(15-23)16-24-20-8-6-9-21(14-20)26(2)3/h6,8-14,16,24H,4-5,7H2,1-3H3,(H,25,27)/b18-16-. The lowest BCUT2D eigenvalue weighted by atomic mass is 10.1. The maximum atomic E-state index is 12.3. The molecule has 0 fully saturated rings. The molecule has 0 aliphatic rings. The van der Waals surface area contributed by atoms with E-state index < -0.39 is 5.91 Å². The molecule has 0 aliphatic heterocycles. The van der Waals surface area contributed by atoms with Crippen molar-refractivity contribution < 1.29 is 4.79 Å². The van der Waals surface area contributed by atoms with E-state index in [2.05, 4.69) is 17.6 Å². The van der Waals surface area contributed by atoms with Gasteiger partial charge < -0.3 is 15.5 Å². The van der Waals surface area contributed by atoms with Crippen LogP contribution in [-0.4, -0.2) is 20.0 Å². The van der Waals surface area contributed by atoms with Crippen molar-refractivity contribution in [3.05, 3.63) is 65.9 Å². The van der Waals surface area contributed by atoms with Crippen molar-refractivity contribution in [1.82, 2.24) is 0 Å². The van der Waals surface area contributed by atoms with Crippen LogP contribution >= 0.6 is 0 Å². The Morgan fingerprint density at radius 1 is 1.15 bits per heavy atom. The van der Waals surface area contributed by atoms with Crippen molar-refractivity contribution in [1.29, 1.82) is 5.26 Å². The highest BCUT2D eigenvalue weighted by Crippen LogP contribution is 2.18. The molecule has 27 heavy (non-hydrogen) atoms. The Kier molecular flexibility index (Phi) is 7.45. The molecule has 0 saturated carbocycles. The van der Waals surface area contributed by atoms with Crippen molar-refractivity contribution in [2.75, 3.05) is 29.6 Å². The summed E-state index contributed by atoms with van der Waals surface area (Å²) in [4.78, 5) is 14.3. The summed E-state index contributed by atoms with van der Waals surface area (Å²) < 4.78 is 0. The fourth-order valence-corrected chi connectivity index (χ4v) is 2.51. The molecule has 2 aromatic rings. The third-order valence-corrected chi connectivity index (χ3v) is 4.14. The van der Waals surface area contributed by atoms with E-state index in [1.165, 1.54) is 11.8 Å². The van der Waals surface area contributed by atoms with Gasteiger partial charge in [-0.3, -0.25) is 4.79 Å². The molecule has 5 nitrogen and oxygen atoms in total. The first kappa shape index (κ1) is 20.1. The Morgan fingerprint density at radius 2 is 1.89 bits per heavy atom. The number of nitriles is 1. The first-order chi connectivity index (χ1) is 13.0.